The first-order valence-electron chi connectivity index (χ1n) is 5.44. The van der Waals surface area contributed by atoms with Gasteiger partial charge >= 0.3 is 0 Å². The number of hydrogen-bond acceptors (Lipinski definition) is 4. The van der Waals surface area contributed by atoms with Crippen LogP contribution in [0, 0.1) is 5.82 Å². The van der Waals surface area contributed by atoms with Crippen LogP contribution in [0.4, 0.5) is 10.1 Å². The number of aromatic hydroxyl groups is 1. The monoisotopic (exact) mass is 281 g/mol. The van der Waals surface area contributed by atoms with Gasteiger partial charge in [-0.25, -0.2) is 12.8 Å². The van der Waals surface area contributed by atoms with Gasteiger partial charge in [-0.05, 0) is 35.9 Å². The molecule has 0 bridgehead atoms. The SMILES string of the molecule is Nc1cc(F)ccc1S(=O)(=O)Cc1ccc(O)cc1. The summed E-state index contributed by atoms with van der Waals surface area (Å²) in [4.78, 5) is -0.0954. The van der Waals surface area contributed by atoms with Crippen LogP contribution >= 0.6 is 0 Å². The molecule has 19 heavy (non-hydrogen) atoms. The molecular formula is C13H12FNO3S. The Balaban J connectivity index is 2.35. The predicted molar refractivity (Wildman–Crippen MR) is 69.8 cm³/mol. The molecule has 0 aromatic heterocycles. The van der Waals surface area contributed by atoms with Gasteiger partial charge in [-0.3, -0.25) is 0 Å². The van der Waals surface area contributed by atoms with Crippen molar-refractivity contribution in [2.45, 2.75) is 10.6 Å². The second-order valence-corrected chi connectivity index (χ2v) is 6.07. The Morgan fingerprint density at radius 2 is 1.74 bits per heavy atom. The van der Waals surface area contributed by atoms with E-state index in [-0.39, 0.29) is 22.1 Å². The second-order valence-electron chi connectivity index (χ2n) is 4.11. The van der Waals surface area contributed by atoms with E-state index in [1.807, 2.05) is 0 Å². The third-order valence-electron chi connectivity index (χ3n) is 2.60. The third-order valence-corrected chi connectivity index (χ3v) is 4.36. The van der Waals surface area contributed by atoms with Crippen LogP contribution in [0.2, 0.25) is 0 Å². The van der Waals surface area contributed by atoms with E-state index < -0.39 is 15.7 Å². The topological polar surface area (TPSA) is 80.4 Å². The van der Waals surface area contributed by atoms with Crippen molar-refractivity contribution >= 4 is 15.5 Å². The number of rotatable bonds is 3. The number of hydrogen-bond donors (Lipinski definition) is 2. The van der Waals surface area contributed by atoms with Crippen LogP contribution < -0.4 is 5.73 Å². The number of nitrogens with two attached hydrogens (primary N) is 1. The molecule has 4 nitrogen and oxygen atoms in total. The van der Waals surface area contributed by atoms with Gasteiger partial charge in [0.15, 0.2) is 9.84 Å². The summed E-state index contributed by atoms with van der Waals surface area (Å²) < 4.78 is 37.2. The van der Waals surface area contributed by atoms with Crippen molar-refractivity contribution in [2.75, 3.05) is 5.73 Å². The number of phenols is 1. The minimum atomic E-state index is -3.65. The summed E-state index contributed by atoms with van der Waals surface area (Å²) in [5.41, 5.74) is 5.93. The van der Waals surface area contributed by atoms with Crippen molar-refractivity contribution in [3.8, 4) is 5.75 Å². The van der Waals surface area contributed by atoms with Gasteiger partial charge in [-0.15, -0.1) is 0 Å². The molecule has 3 N–H and O–H groups in total. The minimum absolute atomic E-state index is 0.0578. The van der Waals surface area contributed by atoms with Crippen molar-refractivity contribution in [3.63, 3.8) is 0 Å². The van der Waals surface area contributed by atoms with E-state index in [4.69, 9.17) is 10.8 Å². The molecule has 0 radical (unpaired) electrons. The van der Waals surface area contributed by atoms with E-state index in [0.29, 0.717) is 5.56 Å². The summed E-state index contributed by atoms with van der Waals surface area (Å²) >= 11 is 0. The lowest BCUT2D eigenvalue weighted by Gasteiger charge is -2.07. The summed E-state index contributed by atoms with van der Waals surface area (Å²) in [6.07, 6.45) is 0. The van der Waals surface area contributed by atoms with Crippen LogP contribution in [0.15, 0.2) is 47.4 Å². The minimum Gasteiger partial charge on any atom is -0.508 e. The van der Waals surface area contributed by atoms with Gasteiger partial charge in [0, 0.05) is 0 Å². The van der Waals surface area contributed by atoms with Crippen LogP contribution in [-0.4, -0.2) is 13.5 Å². The average Bonchev–Trinajstić information content (AvgIpc) is 2.31. The zero-order chi connectivity index (χ0) is 14.0. The Morgan fingerprint density at radius 1 is 1.11 bits per heavy atom. The quantitative estimate of drug-likeness (QED) is 0.667. The fourth-order valence-corrected chi connectivity index (χ4v) is 3.17. The van der Waals surface area contributed by atoms with Crippen LogP contribution in [-0.2, 0) is 15.6 Å². The molecule has 0 aliphatic carbocycles. The van der Waals surface area contributed by atoms with Gasteiger partial charge in [-0.2, -0.15) is 0 Å². The molecule has 0 aliphatic rings. The van der Waals surface area contributed by atoms with E-state index in [2.05, 4.69) is 0 Å². The van der Waals surface area contributed by atoms with Gasteiger partial charge in [0.1, 0.15) is 11.6 Å². The lowest BCUT2D eigenvalue weighted by atomic mass is 10.2. The van der Waals surface area contributed by atoms with E-state index in [1.54, 1.807) is 0 Å². The molecule has 0 aliphatic heterocycles. The van der Waals surface area contributed by atoms with E-state index in [0.717, 1.165) is 18.2 Å². The predicted octanol–water partition coefficient (Wildman–Crippen LogP) is 2.09. The molecule has 100 valence electrons. The fraction of sp³-hybridized carbons (Fsp3) is 0.0769. The summed E-state index contributed by atoms with van der Waals surface area (Å²) in [7, 11) is -3.65. The highest BCUT2D eigenvalue weighted by atomic mass is 32.2. The molecular weight excluding hydrogens is 269 g/mol. The first kappa shape index (κ1) is 13.4. The maximum absolute atomic E-state index is 12.9. The molecule has 2 aromatic carbocycles. The van der Waals surface area contributed by atoms with Crippen molar-refractivity contribution in [3.05, 3.63) is 53.8 Å². The maximum atomic E-state index is 12.9. The van der Waals surface area contributed by atoms with Gasteiger partial charge in [0.2, 0.25) is 0 Å². The summed E-state index contributed by atoms with van der Waals surface area (Å²) in [5.74, 6) is -0.785. The molecule has 0 fully saturated rings. The van der Waals surface area contributed by atoms with E-state index in [1.165, 1.54) is 24.3 Å². The highest BCUT2D eigenvalue weighted by Gasteiger charge is 2.18. The number of anilines is 1. The van der Waals surface area contributed by atoms with Crippen molar-refractivity contribution in [1.29, 1.82) is 0 Å². The largest absolute Gasteiger partial charge is 0.508 e. The zero-order valence-electron chi connectivity index (χ0n) is 9.88. The van der Waals surface area contributed by atoms with Crippen molar-refractivity contribution in [1.82, 2.24) is 0 Å². The van der Waals surface area contributed by atoms with Gasteiger partial charge in [0.25, 0.3) is 0 Å². The Hall–Kier alpha value is -2.08. The molecule has 0 atom stereocenters. The standard InChI is InChI=1S/C13H12FNO3S/c14-10-3-6-13(12(15)7-10)19(17,18)8-9-1-4-11(16)5-2-9/h1-7,16H,8,15H2. The van der Waals surface area contributed by atoms with Crippen molar-refractivity contribution < 1.29 is 17.9 Å². The lowest BCUT2D eigenvalue weighted by molar-refractivity contribution is 0.475. The Kier molecular flexibility index (Phi) is 3.44. The summed E-state index contributed by atoms with van der Waals surface area (Å²) in [6, 6.07) is 9.00. The van der Waals surface area contributed by atoms with E-state index in [9.17, 15) is 12.8 Å². The molecule has 2 aromatic rings. The highest BCUT2D eigenvalue weighted by molar-refractivity contribution is 7.90. The smallest absolute Gasteiger partial charge is 0.184 e. The molecule has 6 heteroatoms. The number of halogens is 1. The average molecular weight is 281 g/mol. The highest BCUT2D eigenvalue weighted by Crippen LogP contribution is 2.23. The fourth-order valence-electron chi connectivity index (χ4n) is 1.69. The summed E-state index contributed by atoms with van der Waals surface area (Å²) in [6.45, 7) is 0. The Labute approximate surface area is 110 Å². The number of nitrogen functional groups attached to an aromatic ring is 1. The molecule has 0 saturated carbocycles. The zero-order valence-corrected chi connectivity index (χ0v) is 10.7. The first-order chi connectivity index (χ1) is 8.88. The Bertz CT molecular complexity index is 696. The number of benzene rings is 2. The lowest BCUT2D eigenvalue weighted by Crippen LogP contribution is -2.08. The third kappa shape index (κ3) is 3.03. The molecule has 0 saturated heterocycles. The molecule has 0 amide bonds. The van der Waals surface area contributed by atoms with Crippen LogP contribution in [0.3, 0.4) is 0 Å². The molecule has 0 spiro atoms. The molecule has 0 unspecified atom stereocenters. The van der Waals surface area contributed by atoms with Crippen LogP contribution in [0.5, 0.6) is 5.75 Å². The van der Waals surface area contributed by atoms with Gasteiger partial charge < -0.3 is 10.8 Å². The Morgan fingerprint density at radius 3 is 2.32 bits per heavy atom. The first-order valence-corrected chi connectivity index (χ1v) is 7.09. The maximum Gasteiger partial charge on any atom is 0.184 e. The second kappa shape index (κ2) is 4.89. The van der Waals surface area contributed by atoms with Gasteiger partial charge in [0.05, 0.1) is 16.3 Å². The molecule has 2 rings (SSSR count). The van der Waals surface area contributed by atoms with Crippen LogP contribution in [0.1, 0.15) is 5.56 Å². The van der Waals surface area contributed by atoms with Gasteiger partial charge in [-0.1, -0.05) is 12.1 Å². The molecule has 0 heterocycles. The van der Waals surface area contributed by atoms with Crippen molar-refractivity contribution in [2.24, 2.45) is 0 Å². The normalized spacial score (nSPS) is 11.4. The van der Waals surface area contributed by atoms with E-state index >= 15 is 0 Å². The van der Waals surface area contributed by atoms with Crippen LogP contribution in [0.25, 0.3) is 0 Å². The number of phenolic OH excluding ortho intramolecular Hbond substituents is 1. The summed E-state index contributed by atoms with van der Waals surface area (Å²) in [5, 5.41) is 9.14. The number of sulfone groups is 1.